The van der Waals surface area contributed by atoms with Crippen LogP contribution in [0.3, 0.4) is 0 Å². The van der Waals surface area contributed by atoms with E-state index in [1.54, 1.807) is 65.8 Å². The number of likely N-dealkylation sites (N-methyl/N-ethyl adjacent to an activating group) is 1. The van der Waals surface area contributed by atoms with Crippen LogP contribution in [0.1, 0.15) is 80.5 Å². The molecule has 1 aromatic carbocycles. The highest BCUT2D eigenvalue weighted by Gasteiger charge is 2.62. The lowest BCUT2D eigenvalue weighted by Crippen LogP contribution is -2.59. The summed E-state index contributed by atoms with van der Waals surface area (Å²) in [6.45, 7) is 13.1. The van der Waals surface area contributed by atoms with E-state index in [2.05, 4.69) is 15.3 Å². The SMILES string of the molecule is CC[C@H]1OC(=O)[C@H](C)C(=O)[C@H](C)[C@@H](OC2OC(C)CC(N(C)C)C2O)[C@@](C)(OC)C[C@@H](C)C(=O)[C@H](C)C2C(/C(N)=N\OCc3nc(-c4cccc(Cl)c4)no3)C(=O)O[C@@]21C. The molecular weight excluding hydrogens is 802 g/mol. The molecule has 0 amide bonds. The van der Waals surface area contributed by atoms with Crippen molar-refractivity contribution >= 4 is 40.9 Å². The molecular formula is C42H60ClN5O12. The molecule has 3 N–H and O–H groups in total. The average Bonchev–Trinajstić information content (AvgIpc) is 3.79. The van der Waals surface area contributed by atoms with Gasteiger partial charge in [0.25, 0.3) is 5.89 Å². The smallest absolute Gasteiger partial charge is 0.317 e. The maximum atomic E-state index is 14.7. The number of carbonyl (C=O) groups excluding carboxylic acids is 4. The fraction of sp³-hybridized carbons (Fsp3) is 0.690. The summed E-state index contributed by atoms with van der Waals surface area (Å²) in [7, 11) is 5.15. The van der Waals surface area contributed by atoms with Crippen LogP contribution in [0.2, 0.25) is 5.02 Å². The number of cyclic esters (lactones) is 1. The lowest BCUT2D eigenvalue weighted by atomic mass is 9.67. The van der Waals surface area contributed by atoms with Crippen LogP contribution in [0, 0.1) is 35.5 Å². The van der Waals surface area contributed by atoms with Crippen molar-refractivity contribution in [3.05, 3.63) is 35.2 Å². The van der Waals surface area contributed by atoms with Crippen molar-refractivity contribution in [2.24, 2.45) is 46.4 Å². The minimum atomic E-state index is -1.59. The number of carbonyl (C=O) groups is 4. The van der Waals surface area contributed by atoms with Gasteiger partial charge in [0, 0.05) is 47.4 Å². The van der Waals surface area contributed by atoms with Gasteiger partial charge in [-0.1, -0.05) is 61.7 Å². The number of esters is 2. The van der Waals surface area contributed by atoms with E-state index < -0.39 is 89.0 Å². The van der Waals surface area contributed by atoms with Crippen LogP contribution in [0.5, 0.6) is 0 Å². The number of nitrogens with zero attached hydrogens (tertiary/aromatic N) is 4. The number of ketones is 2. The molecule has 3 fully saturated rings. The van der Waals surface area contributed by atoms with Gasteiger partial charge >= 0.3 is 11.9 Å². The number of aliphatic hydroxyl groups is 1. The topological polar surface area (TPSA) is 224 Å². The van der Waals surface area contributed by atoms with E-state index in [9.17, 15) is 24.3 Å². The predicted octanol–water partition coefficient (Wildman–Crippen LogP) is 4.35. The number of fused-ring (bicyclic) bond motifs is 1. The second-order valence-electron chi connectivity index (χ2n) is 17.1. The van der Waals surface area contributed by atoms with Crippen LogP contribution in [-0.4, -0.2) is 119 Å². The Hall–Kier alpha value is -4.00. The Bertz CT molecular complexity index is 1910. The van der Waals surface area contributed by atoms with Crippen molar-refractivity contribution in [1.82, 2.24) is 15.0 Å². The Morgan fingerprint density at radius 3 is 2.40 bits per heavy atom. The van der Waals surface area contributed by atoms with Gasteiger partial charge in [0.2, 0.25) is 5.82 Å². The largest absolute Gasteiger partial charge is 0.458 e. The number of aromatic nitrogens is 2. The zero-order valence-corrected chi connectivity index (χ0v) is 37.0. The average molecular weight is 862 g/mol. The van der Waals surface area contributed by atoms with Gasteiger partial charge in [-0.3, -0.25) is 19.2 Å². The van der Waals surface area contributed by atoms with Crippen LogP contribution in [0.4, 0.5) is 0 Å². The minimum absolute atomic E-state index is 0.0391. The van der Waals surface area contributed by atoms with Gasteiger partial charge in [0.15, 0.2) is 30.1 Å². The molecule has 4 heterocycles. The molecule has 0 saturated carbocycles. The fourth-order valence-corrected chi connectivity index (χ4v) is 9.41. The molecule has 5 rings (SSSR count). The highest BCUT2D eigenvalue weighted by Crippen LogP contribution is 2.48. The first-order valence-corrected chi connectivity index (χ1v) is 20.8. The lowest BCUT2D eigenvalue weighted by Gasteiger charge is -2.47. The Morgan fingerprint density at radius 1 is 1.07 bits per heavy atom. The van der Waals surface area contributed by atoms with Crippen LogP contribution < -0.4 is 5.73 Å². The molecule has 3 aliphatic heterocycles. The molecule has 1 aromatic heterocycles. The molecule has 0 radical (unpaired) electrons. The number of amidine groups is 1. The van der Waals surface area contributed by atoms with Crippen molar-refractivity contribution in [3.8, 4) is 11.4 Å². The number of Topliss-reactive ketones (excluding diaryl/α,β-unsaturated/α-hetero) is 2. The molecule has 3 saturated heterocycles. The standard InChI is InChI=1S/C42H60ClN5O12/c1-12-28-42(8)31(30(39(53)59-42)36(44)46-55-19-29-45-37(47-60-29)25-14-13-15-26(43)17-25)22(4)32(49)20(2)18-41(7,54-11)35(23(5)33(50)24(6)38(52)57-28)58-40-34(51)27(48(9)10)16-21(3)56-40/h13-15,17,20-24,27-28,30-31,34-35,40,51H,12,16,18-19H2,1-11H3,(H2,44,46)/t20-,21?,22-,23+,24-,27?,28-,30?,31?,34?,35-,40?,41+,42-/m1/s1. The number of nitrogens with two attached hydrogens (primary N) is 1. The van der Waals surface area contributed by atoms with Gasteiger partial charge in [0.05, 0.1) is 17.8 Å². The summed E-state index contributed by atoms with van der Waals surface area (Å²) in [5.74, 6) is -8.77. The molecule has 3 aliphatic rings. The molecule has 17 nitrogen and oxygen atoms in total. The lowest BCUT2D eigenvalue weighted by molar-refractivity contribution is -0.295. The van der Waals surface area contributed by atoms with E-state index >= 15 is 0 Å². The maximum Gasteiger partial charge on any atom is 0.317 e. The fourth-order valence-electron chi connectivity index (χ4n) is 9.22. The number of hydrogen-bond donors (Lipinski definition) is 2. The normalized spacial score (nSPS) is 37.3. The number of halogens is 1. The van der Waals surface area contributed by atoms with Crippen LogP contribution in [0.25, 0.3) is 11.4 Å². The van der Waals surface area contributed by atoms with Gasteiger partial charge in [0.1, 0.15) is 29.8 Å². The molecule has 60 heavy (non-hydrogen) atoms. The Kier molecular flexibility index (Phi) is 14.9. The second-order valence-corrected chi connectivity index (χ2v) is 17.5. The molecule has 2 aromatic rings. The maximum absolute atomic E-state index is 14.7. The quantitative estimate of drug-likeness (QED) is 0.111. The van der Waals surface area contributed by atoms with E-state index in [1.165, 1.54) is 14.0 Å². The van der Waals surface area contributed by atoms with Crippen molar-refractivity contribution in [2.75, 3.05) is 21.2 Å². The third kappa shape index (κ3) is 9.55. The van der Waals surface area contributed by atoms with Gasteiger partial charge in [-0.25, -0.2) is 0 Å². The molecule has 0 spiro atoms. The Morgan fingerprint density at radius 2 is 1.77 bits per heavy atom. The van der Waals surface area contributed by atoms with Crippen LogP contribution in [0.15, 0.2) is 33.9 Å². The van der Waals surface area contributed by atoms with E-state index in [-0.39, 0.29) is 54.9 Å². The summed E-state index contributed by atoms with van der Waals surface area (Å²) < 4.78 is 36.3. The van der Waals surface area contributed by atoms with Crippen LogP contribution in [-0.2, 0) is 54.3 Å². The monoisotopic (exact) mass is 861 g/mol. The molecule has 18 heteroatoms. The number of oxime groups is 1. The Labute approximate surface area is 355 Å². The van der Waals surface area contributed by atoms with Gasteiger partial charge < -0.3 is 48.8 Å². The van der Waals surface area contributed by atoms with E-state index in [4.69, 9.17) is 50.4 Å². The zero-order valence-electron chi connectivity index (χ0n) is 36.2. The number of rotatable bonds is 10. The first kappa shape index (κ1) is 47.1. The summed E-state index contributed by atoms with van der Waals surface area (Å²) in [6.07, 6.45) is -4.03. The highest BCUT2D eigenvalue weighted by atomic mass is 35.5. The van der Waals surface area contributed by atoms with Crippen molar-refractivity contribution in [1.29, 1.82) is 0 Å². The van der Waals surface area contributed by atoms with E-state index in [1.807, 2.05) is 25.9 Å². The summed E-state index contributed by atoms with van der Waals surface area (Å²) in [6, 6.07) is 6.57. The number of benzene rings is 1. The van der Waals surface area contributed by atoms with Crippen LogP contribution >= 0.6 is 11.6 Å². The molecule has 332 valence electrons. The number of ether oxygens (including phenoxy) is 5. The summed E-state index contributed by atoms with van der Waals surface area (Å²) in [4.78, 5) is 68.6. The minimum Gasteiger partial charge on any atom is -0.458 e. The van der Waals surface area contributed by atoms with E-state index in [0.717, 1.165) is 0 Å². The predicted molar refractivity (Wildman–Crippen MR) is 217 cm³/mol. The third-order valence-corrected chi connectivity index (χ3v) is 12.8. The first-order valence-electron chi connectivity index (χ1n) is 20.4. The number of hydrogen-bond acceptors (Lipinski definition) is 16. The molecule has 14 atom stereocenters. The first-order chi connectivity index (χ1) is 28.2. The van der Waals surface area contributed by atoms with Gasteiger partial charge in [-0.15, -0.1) is 0 Å². The molecule has 0 bridgehead atoms. The van der Waals surface area contributed by atoms with Crippen molar-refractivity contribution < 1.29 is 57.3 Å². The third-order valence-electron chi connectivity index (χ3n) is 12.6. The molecule has 0 aliphatic carbocycles. The van der Waals surface area contributed by atoms with E-state index in [0.29, 0.717) is 17.0 Å². The van der Waals surface area contributed by atoms with Crippen molar-refractivity contribution in [2.45, 2.75) is 129 Å². The zero-order chi connectivity index (χ0) is 44.4. The highest BCUT2D eigenvalue weighted by molar-refractivity contribution is 6.30. The molecule has 6 unspecified atom stereocenters. The summed E-state index contributed by atoms with van der Waals surface area (Å²) >= 11 is 6.10. The van der Waals surface area contributed by atoms with Gasteiger partial charge in [-0.05, 0) is 73.2 Å². The van der Waals surface area contributed by atoms with Crippen molar-refractivity contribution in [3.63, 3.8) is 0 Å². The summed E-state index contributed by atoms with van der Waals surface area (Å²) in [5, 5.41) is 19.9. The number of methoxy groups -OCH3 is 1. The van der Waals surface area contributed by atoms with Gasteiger partial charge in [-0.2, -0.15) is 4.98 Å². The second kappa shape index (κ2) is 18.9. The number of aliphatic hydroxyl groups excluding tert-OH is 1. The Balaban J connectivity index is 1.49. The summed E-state index contributed by atoms with van der Waals surface area (Å²) in [5.41, 5.74) is 4.19.